The zero-order valence-corrected chi connectivity index (χ0v) is 7.10. The average Bonchev–Trinajstić information content (AvgIpc) is 1.89. The van der Waals surface area contributed by atoms with Crippen LogP contribution in [-0.4, -0.2) is 31.2 Å². The number of hydrogen-bond acceptors (Lipinski definition) is 2. The summed E-state index contributed by atoms with van der Waals surface area (Å²) in [7, 11) is 0. The number of rotatable bonds is 2. The molecule has 3 N–H and O–H groups in total. The van der Waals surface area contributed by atoms with Crippen molar-refractivity contribution >= 4 is 6.03 Å². The Morgan fingerprint density at radius 1 is 1.17 bits per heavy atom. The summed E-state index contributed by atoms with van der Waals surface area (Å²) in [6.07, 6.45) is 3.56. The summed E-state index contributed by atoms with van der Waals surface area (Å²) in [6, 6.07) is 0.800. The third-order valence-electron chi connectivity index (χ3n) is 2.56. The number of amides is 2. The number of carbonyl (C=O) groups is 1. The smallest absolute Gasteiger partial charge is 0.315 e. The minimum atomic E-state index is 0.00574. The molecule has 0 spiro atoms. The molecule has 4 heteroatoms. The SMILES string of the molecule is O=C(NC1CCC1)NC1CNC1. The van der Waals surface area contributed by atoms with Gasteiger partial charge in [-0.15, -0.1) is 0 Å². The third-order valence-corrected chi connectivity index (χ3v) is 2.56. The zero-order chi connectivity index (χ0) is 8.39. The second-order valence-corrected chi connectivity index (χ2v) is 3.60. The second-order valence-electron chi connectivity index (χ2n) is 3.60. The lowest BCUT2D eigenvalue weighted by Crippen LogP contribution is -2.60. The van der Waals surface area contributed by atoms with E-state index in [1.54, 1.807) is 0 Å². The maximum absolute atomic E-state index is 11.2. The Hall–Kier alpha value is -0.770. The molecule has 12 heavy (non-hydrogen) atoms. The Balaban J connectivity index is 1.62. The second kappa shape index (κ2) is 3.31. The third kappa shape index (κ3) is 1.69. The minimum Gasteiger partial charge on any atom is -0.335 e. The van der Waals surface area contributed by atoms with Gasteiger partial charge in [0.2, 0.25) is 0 Å². The van der Waals surface area contributed by atoms with Gasteiger partial charge in [-0.2, -0.15) is 0 Å². The van der Waals surface area contributed by atoms with Crippen molar-refractivity contribution in [2.45, 2.75) is 31.3 Å². The number of carbonyl (C=O) groups excluding carboxylic acids is 1. The lowest BCUT2D eigenvalue weighted by molar-refractivity contribution is 0.219. The Bertz CT molecular complexity index is 157. The molecule has 1 saturated heterocycles. The van der Waals surface area contributed by atoms with E-state index in [0.29, 0.717) is 12.1 Å². The topological polar surface area (TPSA) is 53.2 Å². The standard InChI is InChI=1S/C8H15N3O/c12-8(10-6-2-1-3-6)11-7-4-9-5-7/h6-7,9H,1-5H2,(H2,10,11,12). The van der Waals surface area contributed by atoms with E-state index in [9.17, 15) is 4.79 Å². The van der Waals surface area contributed by atoms with Gasteiger partial charge in [-0.25, -0.2) is 4.79 Å². The molecule has 68 valence electrons. The molecule has 0 radical (unpaired) electrons. The first-order chi connectivity index (χ1) is 5.84. The zero-order valence-electron chi connectivity index (χ0n) is 7.10. The van der Waals surface area contributed by atoms with Crippen LogP contribution in [0.1, 0.15) is 19.3 Å². The van der Waals surface area contributed by atoms with Gasteiger partial charge in [0, 0.05) is 19.1 Å². The highest BCUT2D eigenvalue weighted by Gasteiger charge is 2.22. The molecule has 1 aliphatic carbocycles. The Morgan fingerprint density at radius 3 is 2.25 bits per heavy atom. The Labute approximate surface area is 72.1 Å². The molecular weight excluding hydrogens is 154 g/mol. The van der Waals surface area contributed by atoms with Gasteiger partial charge in [0.1, 0.15) is 0 Å². The monoisotopic (exact) mass is 169 g/mol. The van der Waals surface area contributed by atoms with Crippen molar-refractivity contribution in [3.8, 4) is 0 Å². The maximum Gasteiger partial charge on any atom is 0.315 e. The Kier molecular flexibility index (Phi) is 2.17. The predicted molar refractivity (Wildman–Crippen MR) is 46.0 cm³/mol. The Morgan fingerprint density at radius 2 is 1.83 bits per heavy atom. The molecular formula is C8H15N3O. The van der Waals surface area contributed by atoms with E-state index < -0.39 is 0 Å². The van der Waals surface area contributed by atoms with Gasteiger partial charge < -0.3 is 16.0 Å². The van der Waals surface area contributed by atoms with Crippen LogP contribution >= 0.6 is 0 Å². The van der Waals surface area contributed by atoms with Crippen LogP contribution in [0.5, 0.6) is 0 Å². The molecule has 2 rings (SSSR count). The first-order valence-corrected chi connectivity index (χ1v) is 4.62. The van der Waals surface area contributed by atoms with Crippen molar-refractivity contribution < 1.29 is 4.79 Å². The fourth-order valence-electron chi connectivity index (χ4n) is 1.36. The quantitative estimate of drug-likeness (QED) is 0.536. The fraction of sp³-hybridized carbons (Fsp3) is 0.875. The van der Waals surface area contributed by atoms with E-state index in [-0.39, 0.29) is 6.03 Å². The lowest BCUT2D eigenvalue weighted by atomic mass is 9.93. The number of urea groups is 1. The van der Waals surface area contributed by atoms with E-state index >= 15 is 0 Å². The minimum absolute atomic E-state index is 0.00574. The predicted octanol–water partition coefficient (Wildman–Crippen LogP) is -0.190. The van der Waals surface area contributed by atoms with E-state index in [4.69, 9.17) is 0 Å². The van der Waals surface area contributed by atoms with Crippen molar-refractivity contribution in [1.82, 2.24) is 16.0 Å². The van der Waals surface area contributed by atoms with Crippen LogP contribution in [0.2, 0.25) is 0 Å². The molecule has 0 atom stereocenters. The van der Waals surface area contributed by atoms with Crippen molar-refractivity contribution in [2.75, 3.05) is 13.1 Å². The summed E-state index contributed by atoms with van der Waals surface area (Å²) in [5.74, 6) is 0. The van der Waals surface area contributed by atoms with E-state index in [2.05, 4.69) is 16.0 Å². The van der Waals surface area contributed by atoms with Crippen molar-refractivity contribution in [3.63, 3.8) is 0 Å². The van der Waals surface area contributed by atoms with Crippen molar-refractivity contribution in [2.24, 2.45) is 0 Å². The van der Waals surface area contributed by atoms with Crippen LogP contribution in [0, 0.1) is 0 Å². The molecule has 1 saturated carbocycles. The highest BCUT2D eigenvalue weighted by molar-refractivity contribution is 5.74. The van der Waals surface area contributed by atoms with Crippen LogP contribution in [0.3, 0.4) is 0 Å². The van der Waals surface area contributed by atoms with E-state index in [0.717, 1.165) is 25.9 Å². The van der Waals surface area contributed by atoms with Gasteiger partial charge in [-0.05, 0) is 19.3 Å². The van der Waals surface area contributed by atoms with Crippen molar-refractivity contribution in [3.05, 3.63) is 0 Å². The largest absolute Gasteiger partial charge is 0.335 e. The van der Waals surface area contributed by atoms with Crippen LogP contribution in [0.25, 0.3) is 0 Å². The number of hydrogen-bond donors (Lipinski definition) is 3. The van der Waals surface area contributed by atoms with Gasteiger partial charge in [0.25, 0.3) is 0 Å². The lowest BCUT2D eigenvalue weighted by Gasteiger charge is -2.31. The van der Waals surface area contributed by atoms with Gasteiger partial charge in [0.05, 0.1) is 6.04 Å². The molecule has 2 amide bonds. The molecule has 2 fully saturated rings. The van der Waals surface area contributed by atoms with E-state index in [1.807, 2.05) is 0 Å². The summed E-state index contributed by atoms with van der Waals surface area (Å²) < 4.78 is 0. The molecule has 2 aliphatic rings. The molecule has 0 unspecified atom stereocenters. The molecule has 0 aromatic carbocycles. The molecule has 1 aliphatic heterocycles. The van der Waals surface area contributed by atoms with Gasteiger partial charge in [-0.3, -0.25) is 0 Å². The fourth-order valence-corrected chi connectivity index (χ4v) is 1.36. The van der Waals surface area contributed by atoms with E-state index in [1.165, 1.54) is 6.42 Å². The summed E-state index contributed by atoms with van der Waals surface area (Å²) in [6.45, 7) is 1.83. The van der Waals surface area contributed by atoms with Gasteiger partial charge >= 0.3 is 6.03 Å². The molecule has 0 aromatic heterocycles. The molecule has 0 aromatic rings. The van der Waals surface area contributed by atoms with Crippen LogP contribution in [-0.2, 0) is 0 Å². The average molecular weight is 169 g/mol. The van der Waals surface area contributed by atoms with Crippen LogP contribution in [0.15, 0.2) is 0 Å². The highest BCUT2D eigenvalue weighted by Crippen LogP contribution is 2.17. The normalized spacial score (nSPS) is 24.0. The maximum atomic E-state index is 11.2. The molecule has 1 heterocycles. The molecule has 4 nitrogen and oxygen atoms in total. The van der Waals surface area contributed by atoms with Crippen LogP contribution < -0.4 is 16.0 Å². The van der Waals surface area contributed by atoms with Crippen LogP contribution in [0.4, 0.5) is 4.79 Å². The van der Waals surface area contributed by atoms with Gasteiger partial charge in [0.15, 0.2) is 0 Å². The summed E-state index contributed by atoms with van der Waals surface area (Å²) in [5, 5.41) is 8.95. The van der Waals surface area contributed by atoms with Gasteiger partial charge in [-0.1, -0.05) is 0 Å². The summed E-state index contributed by atoms with van der Waals surface area (Å²) >= 11 is 0. The first-order valence-electron chi connectivity index (χ1n) is 4.62. The first kappa shape index (κ1) is 7.86. The van der Waals surface area contributed by atoms with Crippen molar-refractivity contribution in [1.29, 1.82) is 0 Å². The summed E-state index contributed by atoms with van der Waals surface area (Å²) in [4.78, 5) is 11.2. The summed E-state index contributed by atoms with van der Waals surface area (Å²) in [5.41, 5.74) is 0. The molecule has 0 bridgehead atoms. The number of nitrogens with one attached hydrogen (secondary N) is 3. The highest BCUT2D eigenvalue weighted by atomic mass is 16.2.